The van der Waals surface area contributed by atoms with Crippen molar-refractivity contribution < 1.29 is 19.1 Å². The minimum Gasteiger partial charge on any atom is -0.481 e. The molecule has 7 heteroatoms. The van der Waals surface area contributed by atoms with Crippen LogP contribution in [0, 0.1) is 6.92 Å². The van der Waals surface area contributed by atoms with E-state index in [1.54, 1.807) is 31.2 Å². The Morgan fingerprint density at radius 1 is 1.07 bits per heavy atom. The average molecular weight is 410 g/mol. The molecule has 1 N–H and O–H groups in total. The number of hydrogen-bond acceptors (Lipinski definition) is 4. The average Bonchev–Trinajstić information content (AvgIpc) is 2.64. The largest absolute Gasteiger partial charge is 0.481 e. The molecule has 2 rings (SSSR count). The van der Waals surface area contributed by atoms with Gasteiger partial charge in [-0.25, -0.2) is 4.79 Å². The Labute approximate surface area is 168 Å². The lowest BCUT2D eigenvalue weighted by Gasteiger charge is -2.18. The molecule has 0 bridgehead atoms. The number of carbonyl (C=O) groups excluding carboxylic acids is 2. The Bertz CT molecular complexity index is 839. The van der Waals surface area contributed by atoms with Crippen LogP contribution in [0.4, 0.5) is 5.69 Å². The number of rotatable bonds is 7. The first-order valence-electron chi connectivity index (χ1n) is 8.56. The lowest BCUT2D eigenvalue weighted by atomic mass is 10.2. The molecule has 0 radical (unpaired) electrons. The first-order chi connectivity index (χ1) is 12.8. The van der Waals surface area contributed by atoms with Crippen molar-refractivity contribution >= 4 is 40.8 Å². The van der Waals surface area contributed by atoms with Gasteiger partial charge in [-0.15, -0.1) is 0 Å². The summed E-state index contributed by atoms with van der Waals surface area (Å²) in [5.41, 5.74) is 1.49. The van der Waals surface area contributed by atoms with Gasteiger partial charge in [0.25, 0.3) is 5.91 Å². The van der Waals surface area contributed by atoms with Crippen molar-refractivity contribution in [2.75, 3.05) is 11.9 Å². The molecule has 2 aromatic carbocycles. The molecule has 0 heterocycles. The molecule has 0 aromatic heterocycles. The zero-order valence-electron chi connectivity index (χ0n) is 15.3. The number of hydrogen-bond donors (Lipinski definition) is 1. The fourth-order valence-corrected chi connectivity index (χ4v) is 2.68. The molecule has 5 nitrogen and oxygen atoms in total. The maximum atomic E-state index is 12.6. The highest BCUT2D eigenvalue weighted by Crippen LogP contribution is 2.24. The lowest BCUT2D eigenvalue weighted by molar-refractivity contribution is -0.122. The van der Waals surface area contributed by atoms with Crippen molar-refractivity contribution in [2.45, 2.75) is 33.3 Å². The Kier molecular flexibility index (Phi) is 7.51. The Balaban J connectivity index is 2.13. The summed E-state index contributed by atoms with van der Waals surface area (Å²) in [5.74, 6) is -0.317. The number of amides is 1. The lowest BCUT2D eigenvalue weighted by Crippen LogP contribution is -2.32. The fourth-order valence-electron chi connectivity index (χ4n) is 2.37. The molecular formula is C20H21Cl2NO4. The summed E-state index contributed by atoms with van der Waals surface area (Å²) in [6.07, 6.45) is -0.237. The third-order valence-corrected chi connectivity index (χ3v) is 4.55. The topological polar surface area (TPSA) is 64.6 Å². The van der Waals surface area contributed by atoms with Crippen LogP contribution in [-0.2, 0) is 9.53 Å². The van der Waals surface area contributed by atoms with E-state index in [0.29, 0.717) is 22.9 Å². The van der Waals surface area contributed by atoms with Gasteiger partial charge in [-0.05, 0) is 62.2 Å². The standard InChI is InChI=1S/C20H21Cl2NO4/c1-4-18(27-14-7-9-16(21)12(3)10-14)19(24)23-13-6-8-17(22)15(11-13)20(25)26-5-2/h6-11,18H,4-5H2,1-3H3,(H,23,24). The van der Waals surface area contributed by atoms with E-state index in [-0.39, 0.29) is 23.1 Å². The summed E-state index contributed by atoms with van der Waals surface area (Å²) in [7, 11) is 0. The van der Waals surface area contributed by atoms with Crippen molar-refractivity contribution in [1.29, 1.82) is 0 Å². The molecule has 0 spiro atoms. The Hall–Kier alpha value is -2.24. The van der Waals surface area contributed by atoms with Crippen molar-refractivity contribution in [3.05, 3.63) is 57.6 Å². The van der Waals surface area contributed by atoms with Crippen LogP contribution in [-0.4, -0.2) is 24.6 Å². The van der Waals surface area contributed by atoms with Gasteiger partial charge >= 0.3 is 5.97 Å². The van der Waals surface area contributed by atoms with Gasteiger partial charge in [-0.1, -0.05) is 30.1 Å². The molecule has 0 aliphatic rings. The molecule has 0 saturated heterocycles. The summed E-state index contributed by atoms with van der Waals surface area (Å²) in [6.45, 7) is 5.65. The summed E-state index contributed by atoms with van der Waals surface area (Å²) < 4.78 is 10.8. The number of nitrogens with one attached hydrogen (secondary N) is 1. The van der Waals surface area contributed by atoms with E-state index >= 15 is 0 Å². The number of halogens is 2. The van der Waals surface area contributed by atoms with E-state index in [1.807, 2.05) is 13.8 Å². The quantitative estimate of drug-likeness (QED) is 0.632. The first-order valence-corrected chi connectivity index (χ1v) is 9.31. The molecule has 1 amide bonds. The van der Waals surface area contributed by atoms with Gasteiger partial charge in [0, 0.05) is 10.7 Å². The van der Waals surface area contributed by atoms with Gasteiger partial charge < -0.3 is 14.8 Å². The van der Waals surface area contributed by atoms with Crippen molar-refractivity contribution in [1.82, 2.24) is 0 Å². The van der Waals surface area contributed by atoms with Crippen LogP contribution in [0.15, 0.2) is 36.4 Å². The van der Waals surface area contributed by atoms with E-state index in [1.165, 1.54) is 12.1 Å². The molecule has 0 aliphatic carbocycles. The molecule has 144 valence electrons. The second kappa shape index (κ2) is 9.62. The van der Waals surface area contributed by atoms with Gasteiger partial charge in [0.1, 0.15) is 5.75 Å². The fraction of sp³-hybridized carbons (Fsp3) is 0.300. The van der Waals surface area contributed by atoms with Gasteiger partial charge in [0.05, 0.1) is 17.2 Å². The maximum absolute atomic E-state index is 12.6. The van der Waals surface area contributed by atoms with E-state index < -0.39 is 12.1 Å². The number of anilines is 1. The number of aryl methyl sites for hydroxylation is 1. The maximum Gasteiger partial charge on any atom is 0.339 e. The predicted molar refractivity (Wildman–Crippen MR) is 107 cm³/mol. The number of esters is 1. The zero-order chi connectivity index (χ0) is 20.0. The van der Waals surface area contributed by atoms with E-state index in [4.69, 9.17) is 32.7 Å². The first kappa shape index (κ1) is 21.1. The molecule has 2 aromatic rings. The molecule has 0 aliphatic heterocycles. The summed E-state index contributed by atoms with van der Waals surface area (Å²) in [5, 5.41) is 3.64. The van der Waals surface area contributed by atoms with E-state index in [9.17, 15) is 9.59 Å². The van der Waals surface area contributed by atoms with Crippen LogP contribution in [0.1, 0.15) is 36.2 Å². The second-order valence-electron chi connectivity index (χ2n) is 5.83. The summed E-state index contributed by atoms with van der Waals surface area (Å²) in [6, 6.07) is 9.85. The smallest absolute Gasteiger partial charge is 0.339 e. The van der Waals surface area contributed by atoms with Gasteiger partial charge in [0.15, 0.2) is 6.10 Å². The molecule has 0 saturated carbocycles. The third kappa shape index (κ3) is 5.62. The highest BCUT2D eigenvalue weighted by molar-refractivity contribution is 6.33. The van der Waals surface area contributed by atoms with Crippen molar-refractivity contribution in [3.63, 3.8) is 0 Å². The predicted octanol–water partition coefficient (Wildman–Crippen LogP) is 5.27. The monoisotopic (exact) mass is 409 g/mol. The van der Waals surface area contributed by atoms with Gasteiger partial charge in [-0.2, -0.15) is 0 Å². The zero-order valence-corrected chi connectivity index (χ0v) is 16.9. The molecule has 1 atom stereocenters. The third-order valence-electron chi connectivity index (χ3n) is 3.80. The van der Waals surface area contributed by atoms with Crippen molar-refractivity contribution in [3.8, 4) is 5.75 Å². The summed E-state index contributed by atoms with van der Waals surface area (Å²) in [4.78, 5) is 24.5. The molecule has 1 unspecified atom stereocenters. The molecule has 0 fully saturated rings. The Morgan fingerprint density at radius 2 is 1.78 bits per heavy atom. The highest BCUT2D eigenvalue weighted by Gasteiger charge is 2.20. The minimum absolute atomic E-state index is 0.193. The SMILES string of the molecule is CCOC(=O)c1cc(NC(=O)C(CC)Oc2ccc(Cl)c(C)c2)ccc1Cl. The second-order valence-corrected chi connectivity index (χ2v) is 6.64. The van der Waals surface area contributed by atoms with Crippen molar-refractivity contribution in [2.24, 2.45) is 0 Å². The van der Waals surface area contributed by atoms with Gasteiger partial charge in [0.2, 0.25) is 0 Å². The molecular weight excluding hydrogens is 389 g/mol. The van der Waals surface area contributed by atoms with Crippen LogP contribution >= 0.6 is 23.2 Å². The Morgan fingerprint density at radius 3 is 2.41 bits per heavy atom. The highest BCUT2D eigenvalue weighted by atomic mass is 35.5. The molecule has 27 heavy (non-hydrogen) atoms. The summed E-state index contributed by atoms with van der Waals surface area (Å²) >= 11 is 12.1. The van der Waals surface area contributed by atoms with Crippen LogP contribution in [0.25, 0.3) is 0 Å². The minimum atomic E-state index is -0.702. The van der Waals surface area contributed by atoms with Crippen LogP contribution < -0.4 is 10.1 Å². The van der Waals surface area contributed by atoms with E-state index in [0.717, 1.165) is 5.56 Å². The van der Waals surface area contributed by atoms with Gasteiger partial charge in [-0.3, -0.25) is 4.79 Å². The van der Waals surface area contributed by atoms with Crippen LogP contribution in [0.3, 0.4) is 0 Å². The normalized spacial score (nSPS) is 11.6. The van der Waals surface area contributed by atoms with E-state index in [2.05, 4.69) is 5.32 Å². The number of benzene rings is 2. The number of ether oxygens (including phenoxy) is 2. The van der Waals surface area contributed by atoms with Crippen LogP contribution in [0.5, 0.6) is 5.75 Å². The number of carbonyl (C=O) groups is 2. The van der Waals surface area contributed by atoms with Crippen LogP contribution in [0.2, 0.25) is 10.0 Å².